The van der Waals surface area contributed by atoms with E-state index in [1.165, 1.54) is 4.90 Å². The molecule has 0 aliphatic heterocycles. The van der Waals surface area contributed by atoms with Crippen molar-refractivity contribution in [3.05, 3.63) is 0 Å². The van der Waals surface area contributed by atoms with Crippen molar-refractivity contribution < 1.29 is 24.3 Å². The molecule has 0 aliphatic carbocycles. The molecule has 0 amide bonds. The third-order valence-corrected chi connectivity index (χ3v) is 2.65. The number of hydrogen-bond acceptors (Lipinski definition) is 3. The summed E-state index contributed by atoms with van der Waals surface area (Å²) >= 11 is 0. The summed E-state index contributed by atoms with van der Waals surface area (Å²) in [5.74, 6) is -1.08. The number of carboxylic acids is 1. The van der Waals surface area contributed by atoms with Gasteiger partial charge in [-0.2, -0.15) is 0 Å². The first-order chi connectivity index (χ1) is 6.26. The second-order valence-corrected chi connectivity index (χ2v) is 4.82. The van der Waals surface area contributed by atoms with Gasteiger partial charge in [0.05, 0.1) is 6.54 Å². The number of rotatable bonds is 6. The zero-order chi connectivity index (χ0) is 11.4. The molecular formula is C7H16NO5P. The standard InChI is InChI=1S/C7H16NO5P/c1-3-6(2)8(4-7(9)10)5-14(11,12)13/h6H,3-5H2,1-2H3,(H,9,10)(H2,11,12,13). The molecule has 0 aliphatic rings. The Morgan fingerprint density at radius 1 is 1.50 bits per heavy atom. The van der Waals surface area contributed by atoms with Crippen LogP contribution >= 0.6 is 7.60 Å². The largest absolute Gasteiger partial charge is 0.480 e. The normalized spacial score (nSPS) is 14.4. The fourth-order valence-corrected chi connectivity index (χ4v) is 1.87. The van der Waals surface area contributed by atoms with E-state index in [1.807, 2.05) is 6.92 Å². The Morgan fingerprint density at radius 3 is 2.29 bits per heavy atom. The Balaban J connectivity index is 4.40. The van der Waals surface area contributed by atoms with E-state index < -0.39 is 19.9 Å². The van der Waals surface area contributed by atoms with Crippen molar-refractivity contribution in [1.29, 1.82) is 0 Å². The van der Waals surface area contributed by atoms with E-state index in [9.17, 15) is 9.36 Å². The SMILES string of the molecule is CCC(C)N(CC(=O)O)CP(=O)(O)O. The number of hydrogen-bond donors (Lipinski definition) is 3. The van der Waals surface area contributed by atoms with Crippen LogP contribution < -0.4 is 0 Å². The minimum atomic E-state index is -4.18. The fraction of sp³-hybridized carbons (Fsp3) is 0.857. The van der Waals surface area contributed by atoms with Gasteiger partial charge in [-0.25, -0.2) is 0 Å². The van der Waals surface area contributed by atoms with Gasteiger partial charge in [0, 0.05) is 6.04 Å². The van der Waals surface area contributed by atoms with Crippen molar-refractivity contribution in [3.63, 3.8) is 0 Å². The average molecular weight is 225 g/mol. The molecule has 1 atom stereocenters. The third-order valence-electron chi connectivity index (χ3n) is 1.92. The van der Waals surface area contributed by atoms with Crippen molar-refractivity contribution in [2.75, 3.05) is 12.8 Å². The molecule has 0 fully saturated rings. The predicted molar refractivity (Wildman–Crippen MR) is 51.0 cm³/mol. The Kier molecular flexibility index (Phi) is 5.29. The molecule has 1 unspecified atom stereocenters. The molecule has 0 saturated carbocycles. The maximum atomic E-state index is 10.7. The fourth-order valence-electron chi connectivity index (χ4n) is 1.01. The van der Waals surface area contributed by atoms with E-state index >= 15 is 0 Å². The Bertz CT molecular complexity index is 238. The first-order valence-electron chi connectivity index (χ1n) is 4.26. The van der Waals surface area contributed by atoms with Crippen LogP contribution in [0.4, 0.5) is 0 Å². The molecule has 14 heavy (non-hydrogen) atoms. The maximum Gasteiger partial charge on any atom is 0.339 e. The van der Waals surface area contributed by atoms with E-state index in [-0.39, 0.29) is 12.6 Å². The smallest absolute Gasteiger partial charge is 0.339 e. The summed E-state index contributed by atoms with van der Waals surface area (Å²) in [5, 5.41) is 8.53. The summed E-state index contributed by atoms with van der Waals surface area (Å²) in [6.45, 7) is 3.22. The second-order valence-electron chi connectivity index (χ2n) is 3.20. The molecule has 6 nitrogen and oxygen atoms in total. The number of carbonyl (C=O) groups is 1. The first-order valence-corrected chi connectivity index (χ1v) is 6.06. The van der Waals surface area contributed by atoms with Crippen LogP contribution in [0.5, 0.6) is 0 Å². The molecular weight excluding hydrogens is 209 g/mol. The zero-order valence-corrected chi connectivity index (χ0v) is 9.15. The highest BCUT2D eigenvalue weighted by Crippen LogP contribution is 2.35. The molecule has 0 aromatic heterocycles. The van der Waals surface area contributed by atoms with Crippen LogP contribution in [-0.4, -0.2) is 44.6 Å². The van der Waals surface area contributed by atoms with Crippen molar-refractivity contribution in [1.82, 2.24) is 4.90 Å². The predicted octanol–water partition coefficient (Wildman–Crippen LogP) is 0.307. The third kappa shape index (κ3) is 6.10. The van der Waals surface area contributed by atoms with Crippen molar-refractivity contribution in [3.8, 4) is 0 Å². The molecule has 0 aromatic carbocycles. The quantitative estimate of drug-likeness (QED) is 0.562. The van der Waals surface area contributed by atoms with Gasteiger partial charge in [0.25, 0.3) is 0 Å². The first kappa shape index (κ1) is 13.6. The number of aliphatic carboxylic acids is 1. The van der Waals surface area contributed by atoms with Gasteiger partial charge in [-0.05, 0) is 13.3 Å². The van der Waals surface area contributed by atoms with Gasteiger partial charge in [0.15, 0.2) is 0 Å². The summed E-state index contributed by atoms with van der Waals surface area (Å²) in [6.07, 6.45) is 0.140. The molecule has 0 bridgehead atoms. The van der Waals surface area contributed by atoms with E-state index in [4.69, 9.17) is 14.9 Å². The van der Waals surface area contributed by atoms with Crippen LogP contribution in [0, 0.1) is 0 Å². The van der Waals surface area contributed by atoms with Crippen LogP contribution in [-0.2, 0) is 9.36 Å². The van der Waals surface area contributed by atoms with Crippen LogP contribution in [0.1, 0.15) is 20.3 Å². The van der Waals surface area contributed by atoms with Crippen LogP contribution in [0.15, 0.2) is 0 Å². The highest BCUT2D eigenvalue weighted by molar-refractivity contribution is 7.51. The minimum absolute atomic E-state index is 0.154. The summed E-state index contributed by atoms with van der Waals surface area (Å²) in [5.41, 5.74) is 0. The molecule has 0 radical (unpaired) electrons. The summed E-state index contributed by atoms with van der Waals surface area (Å²) in [7, 11) is -4.18. The summed E-state index contributed by atoms with van der Waals surface area (Å²) in [4.78, 5) is 29.1. The molecule has 84 valence electrons. The van der Waals surface area contributed by atoms with Crippen LogP contribution in [0.25, 0.3) is 0 Å². The summed E-state index contributed by atoms with van der Waals surface area (Å²) in [6, 6.07) is -0.154. The lowest BCUT2D eigenvalue weighted by molar-refractivity contribution is -0.138. The van der Waals surface area contributed by atoms with Crippen molar-refractivity contribution in [2.24, 2.45) is 0 Å². The monoisotopic (exact) mass is 225 g/mol. The molecule has 0 rings (SSSR count). The lowest BCUT2D eigenvalue weighted by Crippen LogP contribution is -2.37. The molecule has 0 spiro atoms. The van der Waals surface area contributed by atoms with E-state index in [0.717, 1.165) is 0 Å². The molecule has 0 heterocycles. The van der Waals surface area contributed by atoms with E-state index in [1.54, 1.807) is 6.92 Å². The van der Waals surface area contributed by atoms with Crippen LogP contribution in [0.2, 0.25) is 0 Å². The minimum Gasteiger partial charge on any atom is -0.480 e. The molecule has 3 N–H and O–H groups in total. The molecule has 7 heteroatoms. The molecule has 0 saturated heterocycles. The Hall–Kier alpha value is -0.420. The highest BCUT2D eigenvalue weighted by atomic mass is 31.2. The van der Waals surface area contributed by atoms with Crippen molar-refractivity contribution >= 4 is 13.6 Å². The van der Waals surface area contributed by atoms with Crippen molar-refractivity contribution in [2.45, 2.75) is 26.3 Å². The van der Waals surface area contributed by atoms with Gasteiger partial charge in [-0.1, -0.05) is 6.92 Å². The van der Waals surface area contributed by atoms with E-state index in [0.29, 0.717) is 6.42 Å². The van der Waals surface area contributed by atoms with Gasteiger partial charge >= 0.3 is 13.6 Å². The van der Waals surface area contributed by atoms with Gasteiger partial charge in [0.1, 0.15) is 6.29 Å². The van der Waals surface area contributed by atoms with E-state index in [2.05, 4.69) is 0 Å². The average Bonchev–Trinajstić information content (AvgIpc) is 1.98. The lowest BCUT2D eigenvalue weighted by atomic mass is 10.2. The van der Waals surface area contributed by atoms with Gasteiger partial charge in [0.2, 0.25) is 0 Å². The lowest BCUT2D eigenvalue weighted by Gasteiger charge is -2.26. The Labute approximate surface area is 82.7 Å². The highest BCUT2D eigenvalue weighted by Gasteiger charge is 2.24. The van der Waals surface area contributed by atoms with Gasteiger partial charge < -0.3 is 14.9 Å². The van der Waals surface area contributed by atoms with Crippen LogP contribution in [0.3, 0.4) is 0 Å². The number of nitrogens with zero attached hydrogens (tertiary/aromatic N) is 1. The second kappa shape index (κ2) is 5.46. The molecule has 0 aromatic rings. The van der Waals surface area contributed by atoms with Gasteiger partial charge in [-0.3, -0.25) is 14.3 Å². The van der Waals surface area contributed by atoms with Gasteiger partial charge in [-0.15, -0.1) is 0 Å². The Morgan fingerprint density at radius 2 is 2.00 bits per heavy atom. The topological polar surface area (TPSA) is 98.1 Å². The maximum absolute atomic E-state index is 10.7. The number of carboxylic acid groups (broad SMARTS) is 1. The summed E-state index contributed by atoms with van der Waals surface area (Å²) < 4.78 is 10.7. The zero-order valence-electron chi connectivity index (χ0n) is 8.25.